The summed E-state index contributed by atoms with van der Waals surface area (Å²) in [6, 6.07) is 3.67. The van der Waals surface area contributed by atoms with Crippen LogP contribution in [0.1, 0.15) is 25.1 Å². The number of alkyl halides is 3. The van der Waals surface area contributed by atoms with Gasteiger partial charge in [0.25, 0.3) is 0 Å². The summed E-state index contributed by atoms with van der Waals surface area (Å²) in [5, 5.41) is 0. The van der Waals surface area contributed by atoms with Gasteiger partial charge in [-0.2, -0.15) is 13.2 Å². The third-order valence-electron chi connectivity index (χ3n) is 2.82. The highest BCUT2D eigenvalue weighted by Gasteiger charge is 2.36. The number of pyridine rings is 1. The predicted molar refractivity (Wildman–Crippen MR) is 69.1 cm³/mol. The van der Waals surface area contributed by atoms with Crippen LogP contribution in [-0.4, -0.2) is 23.4 Å². The number of halogens is 3. The summed E-state index contributed by atoms with van der Waals surface area (Å²) in [5.74, 6) is 0.526. The van der Waals surface area contributed by atoms with Gasteiger partial charge < -0.3 is 0 Å². The van der Waals surface area contributed by atoms with Crippen LogP contribution in [0.2, 0.25) is 0 Å². The van der Waals surface area contributed by atoms with E-state index in [1.165, 1.54) is 0 Å². The molecule has 0 atom stereocenters. The molecule has 0 unspecified atom stereocenters. The van der Waals surface area contributed by atoms with Crippen LogP contribution in [0, 0.1) is 5.92 Å². The molecule has 0 spiro atoms. The van der Waals surface area contributed by atoms with E-state index in [0.29, 0.717) is 17.2 Å². The number of aliphatic imine (C=N–C) groups is 1. The summed E-state index contributed by atoms with van der Waals surface area (Å²) in [5.41, 5.74) is 1.35. The molecule has 2 heterocycles. The zero-order valence-electron chi connectivity index (χ0n) is 10.8. The van der Waals surface area contributed by atoms with Gasteiger partial charge in [0.05, 0.1) is 12.2 Å². The lowest BCUT2D eigenvalue weighted by Gasteiger charge is -2.06. The minimum Gasteiger partial charge on any atom is -0.276 e. The Morgan fingerprint density at radius 3 is 2.47 bits per heavy atom. The molecule has 5 heteroatoms. The van der Waals surface area contributed by atoms with Gasteiger partial charge in [0.15, 0.2) is 0 Å². The summed E-state index contributed by atoms with van der Waals surface area (Å²) in [4.78, 5) is 7.72. The largest absolute Gasteiger partial charge is 0.432 e. The van der Waals surface area contributed by atoms with Crippen LogP contribution in [0.25, 0.3) is 5.57 Å². The number of nitrogens with zero attached hydrogens (tertiary/aromatic N) is 2. The molecule has 2 rings (SSSR count). The van der Waals surface area contributed by atoms with Crippen molar-refractivity contribution < 1.29 is 13.2 Å². The van der Waals surface area contributed by atoms with Crippen molar-refractivity contribution in [2.75, 3.05) is 6.54 Å². The molecule has 0 saturated heterocycles. The molecule has 0 N–H and O–H groups in total. The second kappa shape index (κ2) is 5.15. The van der Waals surface area contributed by atoms with Gasteiger partial charge in [-0.3, -0.25) is 9.98 Å². The molecule has 0 radical (unpaired) electrons. The van der Waals surface area contributed by atoms with E-state index < -0.39 is 11.9 Å². The second-order valence-corrected chi connectivity index (χ2v) is 5.02. The van der Waals surface area contributed by atoms with Crippen molar-refractivity contribution in [2.24, 2.45) is 10.9 Å². The average Bonchev–Trinajstić information content (AvgIpc) is 2.78. The lowest BCUT2D eigenvalue weighted by molar-refractivity contribution is -0.0576. The second-order valence-electron chi connectivity index (χ2n) is 5.02. The van der Waals surface area contributed by atoms with Crippen molar-refractivity contribution in [3.63, 3.8) is 0 Å². The number of allylic oxidation sites excluding steroid dienone is 1. The molecule has 0 fully saturated rings. The highest BCUT2D eigenvalue weighted by atomic mass is 19.4. The Kier molecular flexibility index (Phi) is 3.73. The fourth-order valence-electron chi connectivity index (χ4n) is 1.96. The maximum Gasteiger partial charge on any atom is 0.432 e. The Balaban J connectivity index is 2.13. The summed E-state index contributed by atoms with van der Waals surface area (Å²) in [6.07, 6.45) is -0.665. The van der Waals surface area contributed by atoms with Crippen molar-refractivity contribution in [1.82, 2.24) is 4.98 Å². The average molecular weight is 268 g/mol. The molecule has 0 amide bonds. The van der Waals surface area contributed by atoms with E-state index in [9.17, 15) is 13.2 Å². The molecule has 0 bridgehead atoms. The molecule has 1 aliphatic rings. The van der Waals surface area contributed by atoms with Gasteiger partial charge in [-0.15, -0.1) is 0 Å². The Morgan fingerprint density at radius 2 is 2.00 bits per heavy atom. The van der Waals surface area contributed by atoms with Gasteiger partial charge in [-0.1, -0.05) is 19.9 Å². The van der Waals surface area contributed by atoms with E-state index in [0.717, 1.165) is 18.1 Å². The molecule has 1 aliphatic heterocycles. The molecule has 1 aromatic heterocycles. The molecule has 2 nitrogen and oxygen atoms in total. The van der Waals surface area contributed by atoms with Crippen LogP contribution in [0.5, 0.6) is 0 Å². The lowest BCUT2D eigenvalue weighted by Crippen LogP contribution is -2.19. The van der Waals surface area contributed by atoms with E-state index in [1.807, 2.05) is 6.07 Å². The van der Waals surface area contributed by atoms with E-state index >= 15 is 0 Å². The molecular formula is C14H15F3N2. The minimum atomic E-state index is -4.38. The van der Waals surface area contributed by atoms with Gasteiger partial charge >= 0.3 is 6.18 Å². The fourth-order valence-corrected chi connectivity index (χ4v) is 1.96. The molecule has 0 saturated carbocycles. The summed E-state index contributed by atoms with van der Waals surface area (Å²) in [7, 11) is 0. The fraction of sp³-hybridized carbons (Fsp3) is 0.429. The maximum atomic E-state index is 12.5. The Hall–Kier alpha value is -1.65. The van der Waals surface area contributed by atoms with Crippen LogP contribution < -0.4 is 0 Å². The van der Waals surface area contributed by atoms with E-state index in [1.54, 1.807) is 12.3 Å². The number of hydrogen-bond donors (Lipinski definition) is 0. The van der Waals surface area contributed by atoms with E-state index in [4.69, 9.17) is 0 Å². The third kappa shape index (κ3) is 3.43. The van der Waals surface area contributed by atoms with E-state index in [-0.39, 0.29) is 6.54 Å². The topological polar surface area (TPSA) is 25.2 Å². The number of hydrogen-bond acceptors (Lipinski definition) is 2. The lowest BCUT2D eigenvalue weighted by atomic mass is 10.0. The van der Waals surface area contributed by atoms with Crippen LogP contribution in [0.4, 0.5) is 13.2 Å². The molecule has 0 aliphatic carbocycles. The van der Waals surface area contributed by atoms with Crippen molar-refractivity contribution in [2.45, 2.75) is 26.4 Å². The molecular weight excluding hydrogens is 253 g/mol. The minimum absolute atomic E-state index is 0.0470. The summed E-state index contributed by atoms with van der Waals surface area (Å²) >= 11 is 0. The first-order valence-electron chi connectivity index (χ1n) is 6.14. The SMILES string of the molecule is CC(C)Cc1ccc(C2=CC(C(F)(F)F)=NC2)nc1. The van der Waals surface area contributed by atoms with Crippen molar-refractivity contribution in [3.8, 4) is 0 Å². The number of rotatable bonds is 3. The zero-order valence-corrected chi connectivity index (χ0v) is 10.8. The van der Waals surface area contributed by atoms with Crippen LogP contribution in [0.15, 0.2) is 29.4 Å². The van der Waals surface area contributed by atoms with Gasteiger partial charge in [0.1, 0.15) is 5.71 Å². The van der Waals surface area contributed by atoms with Crippen molar-refractivity contribution >= 4 is 11.3 Å². The molecule has 19 heavy (non-hydrogen) atoms. The van der Waals surface area contributed by atoms with Crippen molar-refractivity contribution in [1.29, 1.82) is 0 Å². The predicted octanol–water partition coefficient (Wildman–Crippen LogP) is 3.68. The van der Waals surface area contributed by atoms with Gasteiger partial charge in [-0.25, -0.2) is 0 Å². The van der Waals surface area contributed by atoms with Crippen LogP contribution in [0.3, 0.4) is 0 Å². The Morgan fingerprint density at radius 1 is 1.26 bits per heavy atom. The standard InChI is InChI=1S/C14H15F3N2/c1-9(2)5-10-3-4-12(18-7-10)11-6-13(19-8-11)14(15,16)17/h3-4,6-7,9H,5,8H2,1-2H3. The maximum absolute atomic E-state index is 12.5. The van der Waals surface area contributed by atoms with Crippen molar-refractivity contribution in [3.05, 3.63) is 35.7 Å². The first-order chi connectivity index (χ1) is 8.86. The van der Waals surface area contributed by atoms with Gasteiger partial charge in [0.2, 0.25) is 0 Å². The molecule has 1 aromatic rings. The Bertz CT molecular complexity index is 510. The number of aromatic nitrogens is 1. The normalized spacial score (nSPS) is 15.7. The summed E-state index contributed by atoms with van der Waals surface area (Å²) in [6.45, 7) is 4.26. The smallest absolute Gasteiger partial charge is 0.276 e. The van der Waals surface area contributed by atoms with Gasteiger partial charge in [-0.05, 0) is 30.0 Å². The van der Waals surface area contributed by atoms with Crippen LogP contribution >= 0.6 is 0 Å². The van der Waals surface area contributed by atoms with E-state index in [2.05, 4.69) is 23.8 Å². The molecule has 102 valence electrons. The summed E-state index contributed by atoms with van der Waals surface area (Å²) < 4.78 is 37.4. The monoisotopic (exact) mass is 268 g/mol. The molecule has 0 aromatic carbocycles. The zero-order chi connectivity index (χ0) is 14.0. The first kappa shape index (κ1) is 13.8. The highest BCUT2D eigenvalue weighted by Crippen LogP contribution is 2.26. The van der Waals surface area contributed by atoms with Gasteiger partial charge in [0, 0.05) is 11.8 Å². The third-order valence-corrected chi connectivity index (χ3v) is 2.82. The van der Waals surface area contributed by atoms with Crippen LogP contribution in [-0.2, 0) is 6.42 Å². The Labute approximate surface area is 110 Å². The quantitative estimate of drug-likeness (QED) is 0.821. The highest BCUT2D eigenvalue weighted by molar-refractivity contribution is 6.07. The first-order valence-corrected chi connectivity index (χ1v) is 6.14.